The van der Waals surface area contributed by atoms with Crippen molar-refractivity contribution in [3.63, 3.8) is 0 Å². The minimum absolute atomic E-state index is 0.0990. The monoisotopic (exact) mass is 277 g/mol. The molecule has 1 N–H and O–H groups in total. The third-order valence-electron chi connectivity index (χ3n) is 2.71. The second-order valence-electron chi connectivity index (χ2n) is 4.73. The van der Waals surface area contributed by atoms with Crippen molar-refractivity contribution < 1.29 is 17.9 Å². The summed E-state index contributed by atoms with van der Waals surface area (Å²) >= 11 is -0.0990. The number of halogens is 3. The predicted molar refractivity (Wildman–Crippen MR) is 65.8 cm³/mol. The molecule has 1 aromatic carbocycles. The van der Waals surface area contributed by atoms with Crippen molar-refractivity contribution in [3.8, 4) is 0 Å². The Morgan fingerprint density at radius 1 is 1.28 bits per heavy atom. The van der Waals surface area contributed by atoms with Crippen molar-refractivity contribution in [3.05, 3.63) is 24.3 Å². The van der Waals surface area contributed by atoms with Crippen LogP contribution in [0.5, 0.6) is 0 Å². The summed E-state index contributed by atoms with van der Waals surface area (Å²) in [5.41, 5.74) is -3.26. The van der Waals surface area contributed by atoms with Crippen LogP contribution in [0.4, 0.5) is 18.9 Å². The molecule has 0 saturated carbocycles. The Balaban J connectivity index is 1.87. The summed E-state index contributed by atoms with van der Waals surface area (Å²) in [5.74, 6) is 0. The summed E-state index contributed by atoms with van der Waals surface area (Å²) in [7, 11) is 0. The van der Waals surface area contributed by atoms with E-state index >= 15 is 0 Å². The number of anilines is 1. The molecule has 1 aliphatic rings. The lowest BCUT2D eigenvalue weighted by atomic mass is 9.89. The van der Waals surface area contributed by atoms with Crippen LogP contribution in [0.3, 0.4) is 0 Å². The quantitative estimate of drug-likeness (QED) is 0.847. The van der Waals surface area contributed by atoms with Gasteiger partial charge in [0.15, 0.2) is 0 Å². The van der Waals surface area contributed by atoms with Gasteiger partial charge in [-0.3, -0.25) is 0 Å². The molecule has 2 nitrogen and oxygen atoms in total. The first-order valence-corrected chi connectivity index (χ1v) is 6.35. The smallest absolute Gasteiger partial charge is 0.384 e. The van der Waals surface area contributed by atoms with E-state index in [-0.39, 0.29) is 22.1 Å². The molecular weight excluding hydrogens is 263 g/mol. The zero-order valence-electron chi connectivity index (χ0n) is 9.88. The van der Waals surface area contributed by atoms with E-state index in [1.54, 1.807) is 12.1 Å². The van der Waals surface area contributed by atoms with Crippen molar-refractivity contribution >= 4 is 17.4 Å². The van der Waals surface area contributed by atoms with Gasteiger partial charge in [0.1, 0.15) is 0 Å². The molecule has 0 radical (unpaired) electrons. The van der Waals surface area contributed by atoms with E-state index in [9.17, 15) is 13.2 Å². The molecule has 18 heavy (non-hydrogen) atoms. The highest BCUT2D eigenvalue weighted by Gasteiger charge is 2.33. The number of rotatable bonds is 4. The highest BCUT2D eigenvalue weighted by atomic mass is 32.2. The molecule has 1 aromatic rings. The van der Waals surface area contributed by atoms with E-state index in [4.69, 9.17) is 4.74 Å². The molecule has 1 fully saturated rings. The van der Waals surface area contributed by atoms with Crippen LogP contribution in [-0.4, -0.2) is 25.3 Å². The van der Waals surface area contributed by atoms with Crippen LogP contribution in [0.25, 0.3) is 0 Å². The summed E-state index contributed by atoms with van der Waals surface area (Å²) in [6.07, 6.45) is 0. The fourth-order valence-electron chi connectivity index (χ4n) is 1.64. The van der Waals surface area contributed by atoms with Gasteiger partial charge in [-0.2, -0.15) is 13.2 Å². The van der Waals surface area contributed by atoms with E-state index in [0.29, 0.717) is 0 Å². The van der Waals surface area contributed by atoms with Gasteiger partial charge in [0, 0.05) is 22.5 Å². The standard InChI is InChI=1S/C12H14F3NOS/c1-11(7-17-8-11)6-16-9-2-4-10(5-3-9)18-12(13,14)15/h2-5,16H,6-8H2,1H3. The highest BCUT2D eigenvalue weighted by molar-refractivity contribution is 8.00. The number of nitrogens with one attached hydrogen (secondary N) is 1. The largest absolute Gasteiger partial charge is 0.446 e. The summed E-state index contributed by atoms with van der Waals surface area (Å²) in [4.78, 5) is 0.200. The Kier molecular flexibility index (Phi) is 3.77. The number of hydrogen-bond donors (Lipinski definition) is 1. The van der Waals surface area contributed by atoms with Gasteiger partial charge in [0.05, 0.1) is 13.2 Å². The summed E-state index contributed by atoms with van der Waals surface area (Å²) in [5, 5.41) is 3.21. The zero-order valence-corrected chi connectivity index (χ0v) is 10.7. The molecule has 0 spiro atoms. The van der Waals surface area contributed by atoms with Crippen molar-refractivity contribution in [2.45, 2.75) is 17.3 Å². The summed E-state index contributed by atoms with van der Waals surface area (Å²) in [6.45, 7) is 4.32. The van der Waals surface area contributed by atoms with Crippen LogP contribution in [0.2, 0.25) is 0 Å². The van der Waals surface area contributed by atoms with Gasteiger partial charge in [0.2, 0.25) is 0 Å². The Labute approximate surface area is 108 Å². The number of hydrogen-bond acceptors (Lipinski definition) is 3. The average molecular weight is 277 g/mol. The molecule has 0 atom stereocenters. The van der Waals surface area contributed by atoms with Crippen LogP contribution in [0.15, 0.2) is 29.2 Å². The van der Waals surface area contributed by atoms with Gasteiger partial charge in [-0.25, -0.2) is 0 Å². The fourth-order valence-corrected chi connectivity index (χ4v) is 2.18. The Morgan fingerprint density at radius 3 is 2.33 bits per heavy atom. The van der Waals surface area contributed by atoms with Gasteiger partial charge in [-0.05, 0) is 36.0 Å². The second kappa shape index (κ2) is 5.01. The first-order valence-electron chi connectivity index (χ1n) is 5.54. The molecular formula is C12H14F3NOS. The van der Waals surface area contributed by atoms with Crippen molar-refractivity contribution in [1.82, 2.24) is 0 Å². The summed E-state index contributed by atoms with van der Waals surface area (Å²) < 4.78 is 41.5. The molecule has 1 aliphatic heterocycles. The van der Waals surface area contributed by atoms with E-state index < -0.39 is 5.51 Å². The van der Waals surface area contributed by atoms with Crippen LogP contribution >= 0.6 is 11.8 Å². The molecule has 0 aromatic heterocycles. The van der Waals surface area contributed by atoms with Gasteiger partial charge in [-0.15, -0.1) is 0 Å². The van der Waals surface area contributed by atoms with Crippen molar-refractivity contribution in [2.24, 2.45) is 5.41 Å². The van der Waals surface area contributed by atoms with Crippen LogP contribution in [0.1, 0.15) is 6.92 Å². The van der Waals surface area contributed by atoms with Gasteiger partial charge in [-0.1, -0.05) is 6.92 Å². The first-order chi connectivity index (χ1) is 8.36. The maximum atomic E-state index is 12.1. The second-order valence-corrected chi connectivity index (χ2v) is 5.87. The topological polar surface area (TPSA) is 21.3 Å². The molecule has 0 amide bonds. The average Bonchev–Trinajstić information content (AvgIpc) is 2.23. The third kappa shape index (κ3) is 3.81. The van der Waals surface area contributed by atoms with Crippen LogP contribution < -0.4 is 5.32 Å². The van der Waals surface area contributed by atoms with Crippen molar-refractivity contribution in [1.29, 1.82) is 0 Å². The van der Waals surface area contributed by atoms with Gasteiger partial charge < -0.3 is 10.1 Å². The Morgan fingerprint density at radius 2 is 1.89 bits per heavy atom. The molecule has 0 bridgehead atoms. The normalized spacial score (nSPS) is 18.2. The SMILES string of the molecule is CC1(CNc2ccc(SC(F)(F)F)cc2)COC1. The molecule has 1 saturated heterocycles. The van der Waals surface area contributed by atoms with Gasteiger partial charge >= 0.3 is 5.51 Å². The lowest BCUT2D eigenvalue weighted by molar-refractivity contribution is -0.0924. The maximum Gasteiger partial charge on any atom is 0.446 e. The first kappa shape index (κ1) is 13.5. The predicted octanol–water partition coefficient (Wildman–Crippen LogP) is 3.75. The molecule has 2 rings (SSSR count). The third-order valence-corrected chi connectivity index (χ3v) is 3.45. The minimum atomic E-state index is -4.23. The number of thioether (sulfide) groups is 1. The van der Waals surface area contributed by atoms with E-state index in [1.165, 1.54) is 12.1 Å². The molecule has 0 unspecified atom stereocenters. The minimum Gasteiger partial charge on any atom is -0.384 e. The van der Waals surface area contributed by atoms with Gasteiger partial charge in [0.25, 0.3) is 0 Å². The van der Waals surface area contributed by atoms with E-state index in [2.05, 4.69) is 12.2 Å². The Bertz CT molecular complexity index is 401. The lowest BCUT2D eigenvalue weighted by Gasteiger charge is -2.38. The zero-order chi connectivity index (χ0) is 13.2. The number of benzene rings is 1. The van der Waals surface area contributed by atoms with E-state index in [0.717, 1.165) is 25.4 Å². The molecule has 1 heterocycles. The van der Waals surface area contributed by atoms with Crippen LogP contribution in [0, 0.1) is 5.41 Å². The van der Waals surface area contributed by atoms with Crippen molar-refractivity contribution in [2.75, 3.05) is 25.1 Å². The highest BCUT2D eigenvalue weighted by Crippen LogP contribution is 2.37. The van der Waals surface area contributed by atoms with Crippen LogP contribution in [-0.2, 0) is 4.74 Å². The summed E-state index contributed by atoms with van der Waals surface area (Å²) in [6, 6.07) is 6.27. The Hall–Kier alpha value is -0.880. The number of alkyl halides is 3. The molecule has 100 valence electrons. The molecule has 0 aliphatic carbocycles. The number of ether oxygens (including phenoxy) is 1. The van der Waals surface area contributed by atoms with E-state index in [1.807, 2.05) is 0 Å². The lowest BCUT2D eigenvalue weighted by Crippen LogP contribution is -2.45. The maximum absolute atomic E-state index is 12.1. The molecule has 6 heteroatoms. The fraction of sp³-hybridized carbons (Fsp3) is 0.500.